The average Bonchev–Trinajstić information content (AvgIpc) is 2.62. The van der Waals surface area contributed by atoms with Gasteiger partial charge in [-0.1, -0.05) is 12.1 Å². The van der Waals surface area contributed by atoms with Crippen LogP contribution in [0.25, 0.3) is 0 Å². The molecule has 1 fully saturated rings. The van der Waals surface area contributed by atoms with Crippen LogP contribution in [0.5, 0.6) is 0 Å². The predicted octanol–water partition coefficient (Wildman–Crippen LogP) is 2.17. The second kappa shape index (κ2) is 7.71. The van der Waals surface area contributed by atoms with Crippen molar-refractivity contribution < 1.29 is 27.1 Å². The minimum absolute atomic E-state index is 0.164. The molecular weight excluding hydrogens is 378 g/mol. The Bertz CT molecular complexity index is 958. The number of carbonyl (C=O) groups is 1. The molecule has 0 atom stereocenters. The van der Waals surface area contributed by atoms with Gasteiger partial charge in [-0.3, -0.25) is 4.90 Å². The van der Waals surface area contributed by atoms with Crippen molar-refractivity contribution in [3.63, 3.8) is 0 Å². The summed E-state index contributed by atoms with van der Waals surface area (Å²) >= 11 is 0. The predicted molar refractivity (Wildman–Crippen MR) is 93.8 cm³/mol. The highest BCUT2D eigenvalue weighted by Gasteiger charge is 2.30. The van der Waals surface area contributed by atoms with E-state index in [1.54, 1.807) is 12.1 Å². The van der Waals surface area contributed by atoms with Crippen LogP contribution >= 0.6 is 0 Å². The van der Waals surface area contributed by atoms with Crippen molar-refractivity contribution in [3.05, 3.63) is 65.2 Å². The molecule has 2 aromatic carbocycles. The zero-order valence-electron chi connectivity index (χ0n) is 14.3. The third-order valence-electron chi connectivity index (χ3n) is 4.42. The largest absolute Gasteiger partial charge is 0.478 e. The number of aromatic carboxylic acids is 1. The maximum Gasteiger partial charge on any atom is 0.335 e. The molecular formula is C18H18F2N2O4S. The molecule has 0 bridgehead atoms. The Balaban J connectivity index is 1.66. The van der Waals surface area contributed by atoms with Crippen LogP contribution in [0.2, 0.25) is 0 Å². The highest BCUT2D eigenvalue weighted by Crippen LogP contribution is 2.22. The first-order chi connectivity index (χ1) is 12.8. The van der Waals surface area contributed by atoms with Gasteiger partial charge in [-0.2, -0.15) is 4.31 Å². The molecule has 0 unspecified atom stereocenters. The molecule has 0 radical (unpaired) electrons. The Morgan fingerprint density at radius 2 is 1.74 bits per heavy atom. The Morgan fingerprint density at radius 3 is 2.37 bits per heavy atom. The molecule has 0 spiro atoms. The first kappa shape index (κ1) is 19.4. The van der Waals surface area contributed by atoms with Crippen LogP contribution in [0.3, 0.4) is 0 Å². The maximum absolute atomic E-state index is 13.9. The van der Waals surface area contributed by atoms with E-state index < -0.39 is 32.5 Å². The number of nitrogens with zero attached hydrogens (tertiary/aromatic N) is 2. The minimum Gasteiger partial charge on any atom is -0.478 e. The number of piperazine rings is 1. The Hall–Kier alpha value is -2.36. The van der Waals surface area contributed by atoms with Gasteiger partial charge in [0.15, 0.2) is 0 Å². The minimum atomic E-state index is -4.04. The number of sulfonamides is 1. The molecule has 1 heterocycles. The summed E-state index contributed by atoms with van der Waals surface area (Å²) in [5.74, 6) is -2.95. The van der Waals surface area contributed by atoms with Gasteiger partial charge >= 0.3 is 5.97 Å². The monoisotopic (exact) mass is 396 g/mol. The third kappa shape index (κ3) is 4.32. The standard InChI is InChI=1S/C18H18F2N2O4S/c19-15-4-5-17(16(20)11-15)27(25,26)22-8-6-21(7-9-22)12-13-2-1-3-14(10-13)18(23)24/h1-5,10-11H,6-9,12H2,(H,23,24). The van der Waals surface area contributed by atoms with E-state index in [-0.39, 0.29) is 18.7 Å². The van der Waals surface area contributed by atoms with Crippen molar-refractivity contribution in [1.29, 1.82) is 0 Å². The molecule has 6 nitrogen and oxygen atoms in total. The lowest BCUT2D eigenvalue weighted by Gasteiger charge is -2.34. The van der Waals surface area contributed by atoms with Crippen LogP contribution < -0.4 is 0 Å². The normalized spacial score (nSPS) is 16.4. The summed E-state index contributed by atoms with van der Waals surface area (Å²) in [6.45, 7) is 1.65. The van der Waals surface area contributed by atoms with Crippen LogP contribution in [0.4, 0.5) is 8.78 Å². The molecule has 1 aliphatic heterocycles. The second-order valence-corrected chi connectivity index (χ2v) is 8.17. The van der Waals surface area contributed by atoms with Gasteiger partial charge < -0.3 is 5.11 Å². The average molecular weight is 396 g/mol. The van der Waals surface area contributed by atoms with E-state index in [1.807, 2.05) is 11.0 Å². The molecule has 144 valence electrons. The molecule has 0 amide bonds. The quantitative estimate of drug-likeness (QED) is 0.838. The fraction of sp³-hybridized carbons (Fsp3) is 0.278. The lowest BCUT2D eigenvalue weighted by Crippen LogP contribution is -2.48. The summed E-state index contributed by atoms with van der Waals surface area (Å²) < 4.78 is 53.2. The zero-order valence-corrected chi connectivity index (χ0v) is 15.1. The number of halogens is 2. The highest BCUT2D eigenvalue weighted by atomic mass is 32.2. The molecule has 9 heteroatoms. The highest BCUT2D eigenvalue weighted by molar-refractivity contribution is 7.89. The molecule has 1 aliphatic rings. The summed E-state index contributed by atoms with van der Waals surface area (Å²) in [5, 5.41) is 9.05. The molecule has 27 heavy (non-hydrogen) atoms. The van der Waals surface area contributed by atoms with Gasteiger partial charge in [0.2, 0.25) is 10.0 Å². The number of hydrogen-bond acceptors (Lipinski definition) is 4. The van der Waals surface area contributed by atoms with Crippen LogP contribution in [-0.4, -0.2) is 54.9 Å². The number of benzene rings is 2. The van der Waals surface area contributed by atoms with Crippen LogP contribution in [0.15, 0.2) is 47.4 Å². The van der Waals surface area contributed by atoms with Crippen LogP contribution in [0.1, 0.15) is 15.9 Å². The van der Waals surface area contributed by atoms with Gasteiger partial charge in [0.05, 0.1) is 5.56 Å². The smallest absolute Gasteiger partial charge is 0.335 e. The van der Waals surface area contributed by atoms with Crippen molar-refractivity contribution in [3.8, 4) is 0 Å². The lowest BCUT2D eigenvalue weighted by atomic mass is 10.1. The maximum atomic E-state index is 13.9. The Morgan fingerprint density at radius 1 is 1.04 bits per heavy atom. The molecule has 0 aliphatic carbocycles. The fourth-order valence-electron chi connectivity index (χ4n) is 3.01. The Labute approximate surface area is 155 Å². The Kier molecular flexibility index (Phi) is 5.54. The second-order valence-electron chi connectivity index (χ2n) is 6.26. The van der Waals surface area contributed by atoms with E-state index >= 15 is 0 Å². The molecule has 1 N–H and O–H groups in total. The van der Waals surface area contributed by atoms with Gasteiger partial charge in [0, 0.05) is 38.8 Å². The summed E-state index contributed by atoms with van der Waals surface area (Å²) in [5.41, 5.74) is 1.01. The lowest BCUT2D eigenvalue weighted by molar-refractivity contribution is 0.0696. The summed E-state index contributed by atoms with van der Waals surface area (Å²) in [6, 6.07) is 8.97. The molecule has 0 aromatic heterocycles. The van der Waals surface area contributed by atoms with Gasteiger partial charge in [0.25, 0.3) is 0 Å². The summed E-state index contributed by atoms with van der Waals surface area (Å²) in [6.07, 6.45) is 0. The topological polar surface area (TPSA) is 77.9 Å². The molecule has 1 saturated heterocycles. The van der Waals surface area contributed by atoms with Gasteiger partial charge in [-0.15, -0.1) is 0 Å². The van der Waals surface area contributed by atoms with Crippen LogP contribution in [0, 0.1) is 11.6 Å². The molecule has 0 saturated carbocycles. The number of carboxylic acid groups (broad SMARTS) is 1. The van der Waals surface area contributed by atoms with Crippen molar-refractivity contribution in [1.82, 2.24) is 9.21 Å². The SMILES string of the molecule is O=C(O)c1cccc(CN2CCN(S(=O)(=O)c3ccc(F)cc3F)CC2)c1. The molecule has 2 aromatic rings. The van der Waals surface area contributed by atoms with Crippen molar-refractivity contribution in [2.75, 3.05) is 26.2 Å². The molecule has 3 rings (SSSR count). The van der Waals surface area contributed by atoms with Crippen molar-refractivity contribution in [2.45, 2.75) is 11.4 Å². The zero-order chi connectivity index (χ0) is 19.6. The van der Waals surface area contributed by atoms with Crippen molar-refractivity contribution in [2.24, 2.45) is 0 Å². The summed E-state index contributed by atoms with van der Waals surface area (Å²) in [4.78, 5) is 12.5. The van der Waals surface area contributed by atoms with Crippen LogP contribution in [-0.2, 0) is 16.6 Å². The van der Waals surface area contributed by atoms with E-state index in [0.717, 1.165) is 17.7 Å². The van der Waals surface area contributed by atoms with Gasteiger partial charge in [-0.25, -0.2) is 22.0 Å². The third-order valence-corrected chi connectivity index (χ3v) is 6.36. The fourth-order valence-corrected chi connectivity index (χ4v) is 4.48. The first-order valence-electron chi connectivity index (χ1n) is 8.27. The number of rotatable bonds is 5. The van der Waals surface area contributed by atoms with E-state index in [2.05, 4.69) is 0 Å². The van der Waals surface area contributed by atoms with Gasteiger partial charge in [0.1, 0.15) is 16.5 Å². The number of carboxylic acids is 1. The van der Waals surface area contributed by atoms with E-state index in [4.69, 9.17) is 5.11 Å². The van der Waals surface area contributed by atoms with E-state index in [0.29, 0.717) is 25.7 Å². The van der Waals surface area contributed by atoms with Crippen molar-refractivity contribution >= 4 is 16.0 Å². The summed E-state index contributed by atoms with van der Waals surface area (Å²) in [7, 11) is -4.04. The van der Waals surface area contributed by atoms with Gasteiger partial charge in [-0.05, 0) is 29.8 Å². The van der Waals surface area contributed by atoms with E-state index in [9.17, 15) is 22.0 Å². The van der Waals surface area contributed by atoms with E-state index in [1.165, 1.54) is 10.4 Å². The number of hydrogen-bond donors (Lipinski definition) is 1. The first-order valence-corrected chi connectivity index (χ1v) is 9.71.